The molecule has 0 saturated heterocycles. The van der Waals surface area contributed by atoms with Gasteiger partial charge in [0.15, 0.2) is 6.10 Å². The summed E-state index contributed by atoms with van der Waals surface area (Å²) in [6.45, 7) is 8.74. The molecular weight excluding hydrogens is 261 g/mol. The summed E-state index contributed by atoms with van der Waals surface area (Å²) >= 11 is 0. The van der Waals surface area contributed by atoms with E-state index in [1.54, 1.807) is 6.92 Å². The Bertz CT molecular complexity index is 480. The Hall–Kier alpha value is -1.62. The maximum absolute atomic E-state index is 13.2. The van der Waals surface area contributed by atoms with E-state index in [-0.39, 0.29) is 11.4 Å². The molecule has 1 amide bonds. The molecule has 0 fully saturated rings. The van der Waals surface area contributed by atoms with E-state index in [0.717, 1.165) is 0 Å². The van der Waals surface area contributed by atoms with Gasteiger partial charge in [0.1, 0.15) is 11.6 Å². The number of carbonyl (C=O) groups excluding carboxylic acids is 1. The molecule has 1 rings (SSSR count). The number of benzene rings is 1. The molecule has 20 heavy (non-hydrogen) atoms. The first-order valence-corrected chi connectivity index (χ1v) is 6.56. The fourth-order valence-electron chi connectivity index (χ4n) is 1.67. The van der Waals surface area contributed by atoms with Gasteiger partial charge in [0, 0.05) is 11.1 Å². The van der Waals surface area contributed by atoms with Crippen LogP contribution < -0.4 is 10.1 Å². The first kappa shape index (κ1) is 16.4. The number of ether oxygens (including phenoxy) is 1. The number of amides is 1. The Morgan fingerprint density at radius 3 is 2.45 bits per heavy atom. The van der Waals surface area contributed by atoms with E-state index in [1.807, 2.05) is 20.8 Å². The zero-order valence-electron chi connectivity index (χ0n) is 12.5. The standard InChI is InChI=1S/C15H22FNO3/c1-9(18)12-8-11(16)6-7-13(12)20-10(2)14(19)17-15(3,4)5/h6-10,18H,1-5H3,(H,17,19)/t9-,10?/m0/s1. The second kappa shape index (κ2) is 6.22. The molecule has 0 bridgehead atoms. The molecule has 0 aromatic heterocycles. The van der Waals surface area contributed by atoms with Gasteiger partial charge in [-0.15, -0.1) is 0 Å². The lowest BCUT2D eigenvalue weighted by atomic mass is 10.1. The fraction of sp³-hybridized carbons (Fsp3) is 0.533. The molecule has 0 heterocycles. The van der Waals surface area contributed by atoms with Crippen molar-refractivity contribution in [3.63, 3.8) is 0 Å². The highest BCUT2D eigenvalue weighted by molar-refractivity contribution is 5.81. The average molecular weight is 283 g/mol. The molecule has 0 aliphatic rings. The van der Waals surface area contributed by atoms with Gasteiger partial charge in [-0.2, -0.15) is 0 Å². The van der Waals surface area contributed by atoms with Gasteiger partial charge in [-0.05, 0) is 52.8 Å². The van der Waals surface area contributed by atoms with Crippen molar-refractivity contribution < 1.29 is 19.0 Å². The molecule has 112 valence electrons. The molecule has 4 nitrogen and oxygen atoms in total. The second-order valence-electron chi connectivity index (χ2n) is 5.86. The van der Waals surface area contributed by atoms with Crippen LogP contribution in [0.2, 0.25) is 0 Å². The van der Waals surface area contributed by atoms with Crippen LogP contribution in [0.15, 0.2) is 18.2 Å². The van der Waals surface area contributed by atoms with Gasteiger partial charge in [-0.25, -0.2) is 4.39 Å². The number of rotatable bonds is 4. The van der Waals surface area contributed by atoms with E-state index in [9.17, 15) is 14.3 Å². The fourth-order valence-corrected chi connectivity index (χ4v) is 1.67. The lowest BCUT2D eigenvalue weighted by molar-refractivity contribution is -0.128. The zero-order chi connectivity index (χ0) is 15.5. The Kier molecular flexibility index (Phi) is 5.11. The molecule has 1 aromatic carbocycles. The second-order valence-corrected chi connectivity index (χ2v) is 5.86. The zero-order valence-corrected chi connectivity index (χ0v) is 12.5. The number of hydrogen-bond acceptors (Lipinski definition) is 3. The van der Waals surface area contributed by atoms with E-state index in [2.05, 4.69) is 5.32 Å². The maximum atomic E-state index is 13.2. The molecule has 2 atom stereocenters. The number of carbonyl (C=O) groups is 1. The Balaban J connectivity index is 2.85. The number of nitrogens with one attached hydrogen (secondary N) is 1. The molecule has 0 radical (unpaired) electrons. The Morgan fingerprint density at radius 2 is 1.95 bits per heavy atom. The first-order chi connectivity index (χ1) is 9.10. The van der Waals surface area contributed by atoms with E-state index in [0.29, 0.717) is 11.3 Å². The van der Waals surface area contributed by atoms with Gasteiger partial charge >= 0.3 is 0 Å². The molecule has 0 saturated carbocycles. The third-order valence-corrected chi connectivity index (χ3v) is 2.59. The molecular formula is C15H22FNO3. The van der Waals surface area contributed by atoms with Gasteiger partial charge in [0.25, 0.3) is 5.91 Å². The third-order valence-electron chi connectivity index (χ3n) is 2.59. The van der Waals surface area contributed by atoms with Crippen molar-refractivity contribution in [1.82, 2.24) is 5.32 Å². The Morgan fingerprint density at radius 1 is 1.35 bits per heavy atom. The van der Waals surface area contributed by atoms with E-state index in [1.165, 1.54) is 25.1 Å². The van der Waals surface area contributed by atoms with Gasteiger partial charge in [-0.3, -0.25) is 4.79 Å². The number of hydrogen-bond donors (Lipinski definition) is 2. The lowest BCUT2D eigenvalue weighted by Crippen LogP contribution is -2.46. The number of aliphatic hydroxyl groups excluding tert-OH is 1. The topological polar surface area (TPSA) is 58.6 Å². The summed E-state index contributed by atoms with van der Waals surface area (Å²) in [6, 6.07) is 3.85. The summed E-state index contributed by atoms with van der Waals surface area (Å²) in [5.74, 6) is -0.420. The highest BCUT2D eigenvalue weighted by Crippen LogP contribution is 2.26. The predicted molar refractivity (Wildman–Crippen MR) is 75.0 cm³/mol. The average Bonchev–Trinajstić information content (AvgIpc) is 2.28. The van der Waals surface area contributed by atoms with Gasteiger partial charge in [0.2, 0.25) is 0 Å². The van der Waals surface area contributed by atoms with Crippen molar-refractivity contribution in [2.45, 2.75) is 52.4 Å². The van der Waals surface area contributed by atoms with Crippen LogP contribution in [0.3, 0.4) is 0 Å². The van der Waals surface area contributed by atoms with Gasteiger partial charge < -0.3 is 15.2 Å². The molecule has 5 heteroatoms. The largest absolute Gasteiger partial charge is 0.481 e. The quantitative estimate of drug-likeness (QED) is 0.893. The van der Waals surface area contributed by atoms with Crippen LogP contribution in [0.25, 0.3) is 0 Å². The van der Waals surface area contributed by atoms with Crippen LogP contribution in [0.1, 0.15) is 46.3 Å². The summed E-state index contributed by atoms with van der Waals surface area (Å²) in [5, 5.41) is 12.4. The molecule has 2 N–H and O–H groups in total. The summed E-state index contributed by atoms with van der Waals surface area (Å²) in [6.07, 6.45) is -1.62. The van der Waals surface area contributed by atoms with E-state index >= 15 is 0 Å². The first-order valence-electron chi connectivity index (χ1n) is 6.56. The van der Waals surface area contributed by atoms with Crippen LogP contribution in [-0.2, 0) is 4.79 Å². The summed E-state index contributed by atoms with van der Waals surface area (Å²) in [5.41, 5.74) is -0.0367. The SMILES string of the molecule is CC(Oc1ccc(F)cc1[C@H](C)O)C(=O)NC(C)(C)C. The molecule has 1 unspecified atom stereocenters. The van der Waals surface area contributed by atoms with Crippen molar-refractivity contribution in [3.05, 3.63) is 29.6 Å². The molecule has 0 aliphatic carbocycles. The van der Waals surface area contributed by atoms with Crippen molar-refractivity contribution in [2.75, 3.05) is 0 Å². The lowest BCUT2D eigenvalue weighted by Gasteiger charge is -2.24. The minimum Gasteiger partial charge on any atom is -0.481 e. The molecule has 0 aliphatic heterocycles. The highest BCUT2D eigenvalue weighted by Gasteiger charge is 2.22. The maximum Gasteiger partial charge on any atom is 0.261 e. The third kappa shape index (κ3) is 4.81. The summed E-state index contributed by atoms with van der Waals surface area (Å²) < 4.78 is 18.7. The van der Waals surface area contributed by atoms with Crippen molar-refractivity contribution >= 4 is 5.91 Å². The minimum absolute atomic E-state index is 0.265. The predicted octanol–water partition coefficient (Wildman–Crippen LogP) is 2.56. The normalized spacial score (nSPS) is 14.6. The van der Waals surface area contributed by atoms with Crippen LogP contribution in [0.4, 0.5) is 4.39 Å². The Labute approximate surface area is 119 Å². The van der Waals surface area contributed by atoms with Crippen LogP contribution in [0, 0.1) is 5.82 Å². The number of halogens is 1. The molecule has 0 spiro atoms. The van der Waals surface area contributed by atoms with Crippen molar-refractivity contribution in [3.8, 4) is 5.75 Å². The summed E-state index contributed by atoms with van der Waals surface area (Å²) in [7, 11) is 0. The number of aliphatic hydroxyl groups is 1. The highest BCUT2D eigenvalue weighted by atomic mass is 19.1. The molecule has 1 aromatic rings. The van der Waals surface area contributed by atoms with E-state index < -0.39 is 18.0 Å². The van der Waals surface area contributed by atoms with Crippen molar-refractivity contribution in [2.24, 2.45) is 0 Å². The van der Waals surface area contributed by atoms with Crippen molar-refractivity contribution in [1.29, 1.82) is 0 Å². The summed E-state index contributed by atoms with van der Waals surface area (Å²) in [4.78, 5) is 11.9. The smallest absolute Gasteiger partial charge is 0.261 e. The van der Waals surface area contributed by atoms with Crippen LogP contribution >= 0.6 is 0 Å². The van der Waals surface area contributed by atoms with Gasteiger partial charge in [-0.1, -0.05) is 0 Å². The van der Waals surface area contributed by atoms with E-state index in [4.69, 9.17) is 4.74 Å². The monoisotopic (exact) mass is 283 g/mol. The van der Waals surface area contributed by atoms with Gasteiger partial charge in [0.05, 0.1) is 6.10 Å². The van der Waals surface area contributed by atoms with Crippen LogP contribution in [-0.4, -0.2) is 22.7 Å². The van der Waals surface area contributed by atoms with Crippen LogP contribution in [0.5, 0.6) is 5.75 Å². The minimum atomic E-state index is -0.876.